The minimum absolute atomic E-state index is 0. The molecule has 0 aliphatic carbocycles. The number of halogens is 3. The Morgan fingerprint density at radius 3 is 1.22 bits per heavy atom. The Morgan fingerprint density at radius 2 is 0.898 bits per heavy atom. The maximum absolute atomic E-state index is 14.5. The van der Waals surface area contributed by atoms with E-state index in [9.17, 15) is 18.4 Å². The van der Waals surface area contributed by atoms with E-state index in [1.165, 1.54) is 18.2 Å². The van der Waals surface area contributed by atoms with E-state index in [4.69, 9.17) is 28.1 Å². The summed E-state index contributed by atoms with van der Waals surface area (Å²) < 4.78 is 43.5. The fraction of sp³-hybridized carbons (Fsp3) is 0.0769. The summed E-state index contributed by atoms with van der Waals surface area (Å²) in [5.74, 6) is -4.30. The Hall–Kier alpha value is -5.98. The summed E-state index contributed by atoms with van der Waals surface area (Å²) in [6.07, 6.45) is 0. The SMILES string of the molecule is [C-]#[N+]c1cc(C2c3cccc(n3)C(c3[c-]cc(F)c(C#N)c3)c3cccc(n3)C(c3[c-]cc(F)c([N+]#[C-])c3)c3cccc2n3)[c-]cc1F.[Ir+3]. The van der Waals surface area contributed by atoms with Crippen molar-refractivity contribution in [3.05, 3.63) is 206 Å². The average molecular weight is 820 g/mol. The molecule has 4 heterocycles. The van der Waals surface area contributed by atoms with E-state index in [2.05, 4.69) is 27.9 Å². The molecule has 3 aromatic heterocycles. The Labute approximate surface area is 293 Å². The largest absolute Gasteiger partial charge is 3.00 e. The molecule has 0 amide bonds. The van der Waals surface area contributed by atoms with Crippen LogP contribution in [-0.2, 0) is 20.1 Å². The number of nitriles is 1. The van der Waals surface area contributed by atoms with Crippen molar-refractivity contribution in [1.29, 1.82) is 5.26 Å². The predicted octanol–water partition coefficient (Wildman–Crippen LogP) is 8.51. The van der Waals surface area contributed by atoms with Crippen LogP contribution in [0.5, 0.6) is 0 Å². The Kier molecular flexibility index (Phi) is 9.16. The fourth-order valence-electron chi connectivity index (χ4n) is 5.99. The van der Waals surface area contributed by atoms with Gasteiger partial charge in [0.25, 0.3) is 0 Å². The number of rotatable bonds is 3. The first kappa shape index (κ1) is 32.9. The van der Waals surface area contributed by atoms with Crippen LogP contribution < -0.4 is 0 Å². The van der Waals surface area contributed by atoms with E-state index in [1.807, 2.05) is 6.07 Å². The van der Waals surface area contributed by atoms with E-state index in [0.29, 0.717) is 50.9 Å². The molecule has 6 bridgehead atoms. The average Bonchev–Trinajstić information content (AvgIpc) is 3.11. The summed E-state index contributed by atoms with van der Waals surface area (Å²) in [4.78, 5) is 21.8. The summed E-state index contributed by atoms with van der Waals surface area (Å²) in [7, 11) is 0. The van der Waals surface area contributed by atoms with Gasteiger partial charge in [-0.2, -0.15) is 58.9 Å². The van der Waals surface area contributed by atoms with Crippen LogP contribution in [0.15, 0.2) is 91.0 Å². The van der Waals surface area contributed by atoms with Crippen LogP contribution in [0, 0.1) is 60.1 Å². The minimum Gasteiger partial charge on any atom is -0.297 e. The second-order valence-corrected chi connectivity index (χ2v) is 11.0. The molecule has 0 saturated carbocycles. The van der Waals surface area contributed by atoms with Gasteiger partial charge in [-0.15, -0.1) is 17.7 Å². The third-order valence-electron chi connectivity index (χ3n) is 8.17. The van der Waals surface area contributed by atoms with Gasteiger partial charge in [0.15, 0.2) is 0 Å². The van der Waals surface area contributed by atoms with Crippen molar-refractivity contribution < 1.29 is 33.3 Å². The molecule has 0 saturated heterocycles. The van der Waals surface area contributed by atoms with Crippen molar-refractivity contribution in [1.82, 2.24) is 15.0 Å². The number of hydrogen-bond acceptors (Lipinski definition) is 4. The molecule has 6 aromatic rings. The number of aromatic nitrogens is 3. The molecule has 6 nitrogen and oxygen atoms in total. The summed E-state index contributed by atoms with van der Waals surface area (Å²) in [5, 5.41) is 9.64. The first-order valence-corrected chi connectivity index (χ1v) is 14.6. The molecule has 1 aliphatic rings. The zero-order chi connectivity index (χ0) is 33.4. The van der Waals surface area contributed by atoms with Crippen LogP contribution in [0.3, 0.4) is 0 Å². The van der Waals surface area contributed by atoms with Gasteiger partial charge < -0.3 is 0 Å². The minimum atomic E-state index is -0.725. The number of fused-ring (bicyclic) bond motifs is 6. The molecule has 10 heteroatoms. The first-order valence-electron chi connectivity index (χ1n) is 14.6. The Bertz CT molecular complexity index is 2050. The summed E-state index contributed by atoms with van der Waals surface area (Å²) in [6, 6.07) is 34.5. The molecule has 1 aliphatic heterocycles. The van der Waals surface area contributed by atoms with Crippen LogP contribution in [0.1, 0.15) is 74.2 Å². The molecule has 49 heavy (non-hydrogen) atoms. The van der Waals surface area contributed by atoms with Crippen molar-refractivity contribution >= 4 is 11.4 Å². The fourth-order valence-corrected chi connectivity index (χ4v) is 5.99. The van der Waals surface area contributed by atoms with Gasteiger partial charge in [0.1, 0.15) is 11.4 Å². The van der Waals surface area contributed by atoms with Gasteiger partial charge in [-0.3, -0.25) is 37.8 Å². The van der Waals surface area contributed by atoms with E-state index in [0.717, 1.165) is 18.2 Å². The van der Waals surface area contributed by atoms with E-state index in [-0.39, 0.29) is 37.0 Å². The third-order valence-corrected chi connectivity index (χ3v) is 8.17. The number of nitrogens with zero attached hydrogens (tertiary/aromatic N) is 6. The van der Waals surface area contributed by atoms with Crippen LogP contribution in [0.2, 0.25) is 0 Å². The van der Waals surface area contributed by atoms with Gasteiger partial charge in [0.2, 0.25) is 0 Å². The van der Waals surface area contributed by atoms with Gasteiger partial charge in [0.05, 0.1) is 53.4 Å². The standard InChI is InChI=1S/C39H18F3N6.Ir/c1-44-35-19-23(13-16-27(35)41)38-31-8-3-6-29(46-31)37(22-12-15-26(40)25(18-22)21-43)30-7-4-9-32(47-30)39(34-11-5-10-33(38)48-34)24-14-17-28(42)36(20-24)45-2;/h3-11,15-20,37-39H;/q-3;+3. The second-order valence-electron chi connectivity index (χ2n) is 11.0. The van der Waals surface area contributed by atoms with Crippen LogP contribution >= 0.6 is 0 Å². The maximum Gasteiger partial charge on any atom is 3.00 e. The maximum atomic E-state index is 14.5. The Balaban J connectivity index is 0.00000417. The summed E-state index contributed by atoms with van der Waals surface area (Å²) in [6.45, 7) is 15.0. The van der Waals surface area contributed by atoms with E-state index < -0.39 is 35.2 Å². The smallest absolute Gasteiger partial charge is 0.297 e. The molecule has 3 aromatic carbocycles. The van der Waals surface area contributed by atoms with Crippen LogP contribution in [0.4, 0.5) is 24.5 Å². The third kappa shape index (κ3) is 6.10. The zero-order valence-electron chi connectivity index (χ0n) is 25.0. The monoisotopic (exact) mass is 820 g/mol. The molecule has 2 atom stereocenters. The number of hydrogen-bond donors (Lipinski definition) is 0. The Morgan fingerprint density at radius 1 is 0.571 bits per heavy atom. The van der Waals surface area contributed by atoms with Crippen molar-refractivity contribution in [3.8, 4) is 6.07 Å². The van der Waals surface area contributed by atoms with Crippen molar-refractivity contribution in [2.75, 3.05) is 0 Å². The number of pyridine rings is 3. The van der Waals surface area contributed by atoms with Crippen molar-refractivity contribution in [2.24, 2.45) is 0 Å². The van der Waals surface area contributed by atoms with Gasteiger partial charge in [0, 0.05) is 35.2 Å². The quantitative estimate of drug-likeness (QED) is 0.168. The van der Waals surface area contributed by atoms with E-state index in [1.54, 1.807) is 54.6 Å². The molecule has 2 unspecified atom stereocenters. The predicted molar refractivity (Wildman–Crippen MR) is 168 cm³/mol. The molecule has 7 rings (SSSR count). The van der Waals surface area contributed by atoms with Gasteiger partial charge >= 0.3 is 20.1 Å². The molecule has 0 radical (unpaired) electrons. The topological polar surface area (TPSA) is 71.2 Å². The van der Waals surface area contributed by atoms with Crippen LogP contribution in [-0.4, -0.2) is 15.0 Å². The molecular weight excluding hydrogens is 802 g/mol. The normalized spacial score (nSPS) is 16.0. The molecular formula is C39H18F3IrN6. The molecule has 0 fully saturated rings. The van der Waals surface area contributed by atoms with Crippen LogP contribution in [0.25, 0.3) is 9.69 Å². The molecule has 234 valence electrons. The molecule has 0 spiro atoms. The van der Waals surface area contributed by atoms with Crippen molar-refractivity contribution in [2.45, 2.75) is 17.8 Å². The second kappa shape index (κ2) is 13.6. The molecule has 0 N–H and O–H groups in total. The van der Waals surface area contributed by atoms with Gasteiger partial charge in [-0.25, -0.2) is 0 Å². The zero-order valence-corrected chi connectivity index (χ0v) is 27.4. The van der Waals surface area contributed by atoms with E-state index >= 15 is 0 Å². The first-order chi connectivity index (χ1) is 23.4. The summed E-state index contributed by atoms with van der Waals surface area (Å²) >= 11 is 0. The number of benzene rings is 3. The summed E-state index contributed by atoms with van der Waals surface area (Å²) in [5.41, 5.74) is 3.80. The van der Waals surface area contributed by atoms with Gasteiger partial charge in [-0.1, -0.05) is 18.2 Å². The van der Waals surface area contributed by atoms with Crippen molar-refractivity contribution in [3.63, 3.8) is 0 Å². The van der Waals surface area contributed by atoms with Gasteiger partial charge in [-0.05, 0) is 42.0 Å².